The smallest absolute Gasteiger partial charge is 0.0161 e. The maximum absolute atomic E-state index is 2.67. The molecule has 0 aromatic heterocycles. The van der Waals surface area contributed by atoms with E-state index in [1.54, 1.807) is 0 Å². The van der Waals surface area contributed by atoms with Gasteiger partial charge in [-0.05, 0) is 44.1 Å². The van der Waals surface area contributed by atoms with Gasteiger partial charge in [0.25, 0.3) is 0 Å². The van der Waals surface area contributed by atoms with Crippen LogP contribution in [0.4, 0.5) is 0 Å². The van der Waals surface area contributed by atoms with E-state index in [9.17, 15) is 0 Å². The van der Waals surface area contributed by atoms with Crippen molar-refractivity contribution in [2.24, 2.45) is 17.8 Å². The highest BCUT2D eigenvalue weighted by atomic mass is 15.2. The fourth-order valence-electron chi connectivity index (χ4n) is 3.78. The lowest BCUT2D eigenvalue weighted by Crippen LogP contribution is -2.42. The predicted octanol–water partition coefficient (Wildman–Crippen LogP) is 1.74. The molecule has 1 heteroatoms. The quantitative estimate of drug-likeness (QED) is 0.509. The minimum Gasteiger partial charge on any atom is -0.300 e. The predicted molar refractivity (Wildman–Crippen MR) is 45.3 cm³/mol. The molecule has 62 valence electrons. The van der Waals surface area contributed by atoms with Gasteiger partial charge in [0, 0.05) is 12.1 Å². The third-order valence-electron chi connectivity index (χ3n) is 4.37. The zero-order chi connectivity index (χ0) is 7.59. The van der Waals surface area contributed by atoms with Crippen LogP contribution in [0.1, 0.15) is 26.2 Å². The number of piperidine rings is 2. The van der Waals surface area contributed by atoms with Gasteiger partial charge in [-0.25, -0.2) is 0 Å². The number of rotatable bonds is 0. The Morgan fingerprint density at radius 1 is 1.27 bits per heavy atom. The average Bonchev–Trinajstić information content (AvgIpc) is 2.67. The van der Waals surface area contributed by atoms with Crippen LogP contribution in [0, 0.1) is 17.8 Å². The highest BCUT2D eigenvalue weighted by molar-refractivity contribution is 5.13. The summed E-state index contributed by atoms with van der Waals surface area (Å²) < 4.78 is 0. The first-order chi connectivity index (χ1) is 5.29. The Bertz CT molecular complexity index is 183. The molecule has 1 aliphatic carbocycles. The lowest BCUT2D eigenvalue weighted by molar-refractivity contribution is 0.120. The number of nitrogens with zero attached hydrogens (tertiary/aromatic N) is 1. The number of fused-ring (bicyclic) bond motifs is 2. The summed E-state index contributed by atoms with van der Waals surface area (Å²) in [6.07, 6.45) is 4.50. The van der Waals surface area contributed by atoms with Crippen LogP contribution < -0.4 is 0 Å². The monoisotopic (exact) mass is 151 g/mol. The third kappa shape index (κ3) is 0.658. The standard InChI is InChI=1S/C10H17N/c1-6-5-7-3-4-8-9(6)10(8)11(7)2/h6-10H,3-5H2,1-2H3/t6-,7?,8-,9?,10?/m0/s1. The first kappa shape index (κ1) is 6.47. The fraction of sp³-hybridized carbons (Fsp3) is 1.00. The van der Waals surface area contributed by atoms with Gasteiger partial charge in [0.1, 0.15) is 0 Å². The maximum Gasteiger partial charge on any atom is 0.0161 e. The molecule has 5 atom stereocenters. The maximum atomic E-state index is 2.67. The van der Waals surface area contributed by atoms with Gasteiger partial charge in [0.05, 0.1) is 0 Å². The zero-order valence-corrected chi connectivity index (χ0v) is 7.46. The van der Waals surface area contributed by atoms with E-state index in [4.69, 9.17) is 0 Å². The molecule has 2 heterocycles. The molecule has 2 bridgehead atoms. The lowest BCUT2D eigenvalue weighted by atomic mass is 9.91. The van der Waals surface area contributed by atoms with Gasteiger partial charge in [-0.2, -0.15) is 0 Å². The van der Waals surface area contributed by atoms with E-state index in [2.05, 4.69) is 18.9 Å². The molecule has 0 N–H and O–H groups in total. The molecule has 0 amide bonds. The van der Waals surface area contributed by atoms with Crippen LogP contribution in [-0.4, -0.2) is 24.0 Å². The second-order valence-corrected chi connectivity index (χ2v) is 4.84. The van der Waals surface area contributed by atoms with Crippen molar-refractivity contribution >= 4 is 0 Å². The zero-order valence-electron chi connectivity index (χ0n) is 7.46. The second-order valence-electron chi connectivity index (χ2n) is 4.84. The molecule has 11 heavy (non-hydrogen) atoms. The van der Waals surface area contributed by atoms with E-state index in [1.807, 2.05) is 0 Å². The first-order valence-corrected chi connectivity index (χ1v) is 5.01. The van der Waals surface area contributed by atoms with Crippen molar-refractivity contribution in [2.45, 2.75) is 38.3 Å². The summed E-state index contributed by atoms with van der Waals surface area (Å²) in [5.41, 5.74) is 0. The molecule has 1 saturated carbocycles. The Balaban J connectivity index is 1.93. The molecule has 2 saturated heterocycles. The van der Waals surface area contributed by atoms with Gasteiger partial charge in [-0.15, -0.1) is 0 Å². The Morgan fingerprint density at radius 3 is 2.91 bits per heavy atom. The highest BCUT2D eigenvalue weighted by Crippen LogP contribution is 2.59. The average molecular weight is 151 g/mol. The lowest BCUT2D eigenvalue weighted by Gasteiger charge is -2.36. The molecular weight excluding hydrogens is 134 g/mol. The van der Waals surface area contributed by atoms with E-state index >= 15 is 0 Å². The van der Waals surface area contributed by atoms with Crippen LogP contribution >= 0.6 is 0 Å². The molecule has 3 rings (SSSR count). The van der Waals surface area contributed by atoms with E-state index in [0.717, 1.165) is 29.8 Å². The molecule has 3 unspecified atom stereocenters. The molecule has 0 spiro atoms. The van der Waals surface area contributed by atoms with Crippen LogP contribution in [0.2, 0.25) is 0 Å². The van der Waals surface area contributed by atoms with Crippen LogP contribution in [-0.2, 0) is 0 Å². The largest absolute Gasteiger partial charge is 0.300 e. The molecule has 2 aliphatic heterocycles. The molecular formula is C10H17N. The van der Waals surface area contributed by atoms with Crippen molar-refractivity contribution < 1.29 is 0 Å². The van der Waals surface area contributed by atoms with Crippen LogP contribution in [0.25, 0.3) is 0 Å². The van der Waals surface area contributed by atoms with E-state index in [1.165, 1.54) is 19.3 Å². The number of hydrogen-bond donors (Lipinski definition) is 0. The van der Waals surface area contributed by atoms with Gasteiger partial charge in [-0.3, -0.25) is 4.90 Å². The Morgan fingerprint density at radius 2 is 2.09 bits per heavy atom. The van der Waals surface area contributed by atoms with E-state index in [0.29, 0.717) is 0 Å². The van der Waals surface area contributed by atoms with Gasteiger partial charge < -0.3 is 0 Å². The SMILES string of the molecule is C[C@H]1CC2CC[C@H]3C1C3N2C. The first-order valence-electron chi connectivity index (χ1n) is 5.01. The van der Waals surface area contributed by atoms with Gasteiger partial charge >= 0.3 is 0 Å². The minimum atomic E-state index is 0.949. The highest BCUT2D eigenvalue weighted by Gasteiger charge is 2.61. The topological polar surface area (TPSA) is 3.24 Å². The normalized spacial score (nSPS) is 61.1. The molecule has 0 aromatic rings. The van der Waals surface area contributed by atoms with E-state index in [-0.39, 0.29) is 0 Å². The molecule has 0 radical (unpaired) electrons. The summed E-state index contributed by atoms with van der Waals surface area (Å²) in [6.45, 7) is 2.46. The summed E-state index contributed by atoms with van der Waals surface area (Å²) in [5.74, 6) is 3.24. The van der Waals surface area contributed by atoms with Crippen LogP contribution in [0.15, 0.2) is 0 Å². The van der Waals surface area contributed by atoms with Gasteiger partial charge in [0.15, 0.2) is 0 Å². The Labute approximate surface area is 68.8 Å². The summed E-state index contributed by atoms with van der Waals surface area (Å²) in [6, 6.07) is 1.96. The summed E-state index contributed by atoms with van der Waals surface area (Å²) >= 11 is 0. The molecule has 3 fully saturated rings. The van der Waals surface area contributed by atoms with Crippen molar-refractivity contribution in [1.29, 1.82) is 0 Å². The minimum absolute atomic E-state index is 0.949. The summed E-state index contributed by atoms with van der Waals surface area (Å²) in [7, 11) is 2.34. The summed E-state index contributed by atoms with van der Waals surface area (Å²) in [4.78, 5) is 2.67. The number of hydrogen-bond acceptors (Lipinski definition) is 1. The summed E-state index contributed by atoms with van der Waals surface area (Å²) in [5, 5.41) is 0. The van der Waals surface area contributed by atoms with Crippen molar-refractivity contribution in [3.8, 4) is 0 Å². The van der Waals surface area contributed by atoms with Crippen molar-refractivity contribution in [1.82, 2.24) is 4.90 Å². The molecule has 3 aliphatic rings. The van der Waals surface area contributed by atoms with E-state index < -0.39 is 0 Å². The molecule has 0 aromatic carbocycles. The van der Waals surface area contributed by atoms with Crippen molar-refractivity contribution in [2.75, 3.05) is 7.05 Å². The second kappa shape index (κ2) is 1.82. The Kier molecular flexibility index (Phi) is 1.07. The molecule has 1 nitrogen and oxygen atoms in total. The van der Waals surface area contributed by atoms with Crippen LogP contribution in [0.5, 0.6) is 0 Å². The van der Waals surface area contributed by atoms with Gasteiger partial charge in [0.2, 0.25) is 0 Å². The van der Waals surface area contributed by atoms with Crippen molar-refractivity contribution in [3.05, 3.63) is 0 Å². The van der Waals surface area contributed by atoms with Crippen molar-refractivity contribution in [3.63, 3.8) is 0 Å². The van der Waals surface area contributed by atoms with Crippen LogP contribution in [0.3, 0.4) is 0 Å². The third-order valence-corrected chi connectivity index (χ3v) is 4.37. The Hall–Kier alpha value is -0.0400. The van der Waals surface area contributed by atoms with Gasteiger partial charge in [-0.1, -0.05) is 6.92 Å². The fourth-order valence-corrected chi connectivity index (χ4v) is 3.78.